The van der Waals surface area contributed by atoms with E-state index >= 15 is 0 Å². The first-order valence-electron chi connectivity index (χ1n) is 9.28. The molecule has 0 bridgehead atoms. The van der Waals surface area contributed by atoms with Crippen molar-refractivity contribution in [1.82, 2.24) is 14.9 Å². The maximum atomic E-state index is 12.6. The van der Waals surface area contributed by atoms with Crippen LogP contribution in [0.3, 0.4) is 0 Å². The van der Waals surface area contributed by atoms with Gasteiger partial charge in [0.15, 0.2) is 0 Å². The second-order valence-electron chi connectivity index (χ2n) is 6.44. The summed E-state index contributed by atoms with van der Waals surface area (Å²) in [5, 5.41) is 3.06. The van der Waals surface area contributed by atoms with Crippen LogP contribution in [0.1, 0.15) is 23.9 Å². The maximum Gasteiger partial charge on any atom is 0.224 e. The van der Waals surface area contributed by atoms with Crippen LogP contribution in [0.15, 0.2) is 60.9 Å². The van der Waals surface area contributed by atoms with Crippen LogP contribution >= 0.6 is 0 Å². The standard InChI is InChI=1S/C22H25N3O4/c1-25-14-13-23-22(25)21(16-4-6-17(27-2)7-5-16)24-20(26)12-15-29-19-10-8-18(28-3)9-11-19/h4-11,13-14,21H,12,15H2,1-3H3,(H,24,26)/t21-/m1/s1. The van der Waals surface area contributed by atoms with E-state index in [0.717, 1.165) is 22.9 Å². The average molecular weight is 395 g/mol. The number of amides is 1. The summed E-state index contributed by atoms with van der Waals surface area (Å²) in [5.41, 5.74) is 0.921. The molecule has 1 heterocycles. The molecule has 0 spiro atoms. The van der Waals surface area contributed by atoms with Crippen LogP contribution in [0.25, 0.3) is 0 Å². The van der Waals surface area contributed by atoms with Crippen molar-refractivity contribution in [1.29, 1.82) is 0 Å². The van der Waals surface area contributed by atoms with Crippen molar-refractivity contribution in [2.45, 2.75) is 12.5 Å². The van der Waals surface area contributed by atoms with Gasteiger partial charge in [-0.2, -0.15) is 0 Å². The van der Waals surface area contributed by atoms with Crippen molar-refractivity contribution in [2.75, 3.05) is 20.8 Å². The fourth-order valence-corrected chi connectivity index (χ4v) is 2.92. The Morgan fingerprint density at radius 2 is 1.59 bits per heavy atom. The Bertz CT molecular complexity index is 920. The Hall–Kier alpha value is -3.48. The number of hydrogen-bond acceptors (Lipinski definition) is 5. The molecule has 0 aliphatic heterocycles. The average Bonchev–Trinajstić information content (AvgIpc) is 3.18. The normalized spacial score (nSPS) is 11.6. The Labute approximate surface area is 170 Å². The molecule has 0 radical (unpaired) electrons. The predicted octanol–water partition coefficient (Wildman–Crippen LogP) is 3.11. The third-order valence-electron chi connectivity index (χ3n) is 4.53. The van der Waals surface area contributed by atoms with E-state index in [4.69, 9.17) is 14.2 Å². The number of carbonyl (C=O) groups excluding carboxylic acids is 1. The Kier molecular flexibility index (Phi) is 6.73. The van der Waals surface area contributed by atoms with E-state index in [9.17, 15) is 4.79 Å². The second kappa shape index (κ2) is 9.64. The molecule has 1 amide bonds. The van der Waals surface area contributed by atoms with Gasteiger partial charge in [-0.05, 0) is 42.0 Å². The topological polar surface area (TPSA) is 74.6 Å². The highest BCUT2D eigenvalue weighted by molar-refractivity contribution is 5.77. The summed E-state index contributed by atoms with van der Waals surface area (Å²) in [6.07, 6.45) is 3.79. The van der Waals surface area contributed by atoms with Gasteiger partial charge in [0.05, 0.1) is 27.2 Å². The predicted molar refractivity (Wildman–Crippen MR) is 109 cm³/mol. The lowest BCUT2D eigenvalue weighted by atomic mass is 10.1. The number of aromatic nitrogens is 2. The zero-order chi connectivity index (χ0) is 20.6. The summed E-state index contributed by atoms with van der Waals surface area (Å²) in [5.74, 6) is 2.83. The number of rotatable bonds is 9. The summed E-state index contributed by atoms with van der Waals surface area (Å²) >= 11 is 0. The van der Waals surface area contributed by atoms with Crippen molar-refractivity contribution >= 4 is 5.91 Å². The van der Waals surface area contributed by atoms with Gasteiger partial charge in [0.25, 0.3) is 0 Å². The Morgan fingerprint density at radius 3 is 2.14 bits per heavy atom. The molecule has 2 aromatic carbocycles. The van der Waals surface area contributed by atoms with Crippen LogP contribution < -0.4 is 19.5 Å². The number of carbonyl (C=O) groups is 1. The van der Waals surface area contributed by atoms with E-state index in [2.05, 4.69) is 10.3 Å². The fraction of sp³-hybridized carbons (Fsp3) is 0.273. The first kappa shape index (κ1) is 20.3. The van der Waals surface area contributed by atoms with Gasteiger partial charge in [-0.3, -0.25) is 4.79 Å². The second-order valence-corrected chi connectivity index (χ2v) is 6.44. The van der Waals surface area contributed by atoms with Crippen molar-refractivity contribution in [3.63, 3.8) is 0 Å². The highest BCUT2D eigenvalue weighted by Crippen LogP contribution is 2.23. The minimum atomic E-state index is -0.366. The minimum Gasteiger partial charge on any atom is -0.497 e. The number of aryl methyl sites for hydroxylation is 1. The monoisotopic (exact) mass is 395 g/mol. The molecule has 1 N–H and O–H groups in total. The number of nitrogens with zero attached hydrogens (tertiary/aromatic N) is 2. The molecule has 1 atom stereocenters. The number of methoxy groups -OCH3 is 2. The van der Waals surface area contributed by atoms with Crippen LogP contribution in [0.4, 0.5) is 0 Å². The molecule has 0 aliphatic rings. The molecule has 29 heavy (non-hydrogen) atoms. The van der Waals surface area contributed by atoms with E-state index in [1.807, 2.05) is 66.3 Å². The summed E-state index contributed by atoms with van der Waals surface area (Å²) < 4.78 is 17.9. The summed E-state index contributed by atoms with van der Waals surface area (Å²) in [7, 11) is 5.13. The lowest BCUT2D eigenvalue weighted by Gasteiger charge is -2.19. The quantitative estimate of drug-likeness (QED) is 0.603. The molecule has 0 aliphatic carbocycles. The van der Waals surface area contributed by atoms with Crippen LogP contribution in [0, 0.1) is 0 Å². The molecule has 152 valence electrons. The van der Waals surface area contributed by atoms with Crippen LogP contribution in [0.2, 0.25) is 0 Å². The third kappa shape index (κ3) is 5.28. The SMILES string of the molecule is COc1ccc(OCCC(=O)N[C@H](c2ccc(OC)cc2)c2nccn2C)cc1. The smallest absolute Gasteiger partial charge is 0.224 e. The molecule has 0 saturated heterocycles. The van der Waals surface area contributed by atoms with Gasteiger partial charge in [0, 0.05) is 19.4 Å². The van der Waals surface area contributed by atoms with Gasteiger partial charge in [-0.1, -0.05) is 12.1 Å². The van der Waals surface area contributed by atoms with Crippen molar-refractivity contribution in [2.24, 2.45) is 7.05 Å². The van der Waals surface area contributed by atoms with E-state index in [1.54, 1.807) is 20.4 Å². The fourth-order valence-electron chi connectivity index (χ4n) is 2.92. The van der Waals surface area contributed by atoms with Gasteiger partial charge >= 0.3 is 0 Å². The van der Waals surface area contributed by atoms with Crippen molar-refractivity contribution in [3.05, 3.63) is 72.3 Å². The first-order valence-corrected chi connectivity index (χ1v) is 9.28. The number of hydrogen-bond donors (Lipinski definition) is 1. The van der Waals surface area contributed by atoms with Gasteiger partial charge in [-0.25, -0.2) is 4.98 Å². The minimum absolute atomic E-state index is 0.123. The molecule has 0 saturated carbocycles. The van der Waals surface area contributed by atoms with Crippen LogP contribution in [0.5, 0.6) is 17.2 Å². The summed E-state index contributed by atoms with van der Waals surface area (Å²) in [6.45, 7) is 0.272. The summed E-state index contributed by atoms with van der Waals surface area (Å²) in [4.78, 5) is 17.0. The molecule has 3 rings (SSSR count). The Balaban J connectivity index is 1.63. The molecule has 0 unspecified atom stereocenters. The van der Waals surface area contributed by atoms with Crippen LogP contribution in [-0.2, 0) is 11.8 Å². The van der Waals surface area contributed by atoms with Gasteiger partial charge < -0.3 is 24.1 Å². The molecular weight excluding hydrogens is 370 g/mol. The number of ether oxygens (including phenoxy) is 3. The summed E-state index contributed by atoms with van der Waals surface area (Å²) in [6, 6.07) is 14.5. The molecule has 3 aromatic rings. The highest BCUT2D eigenvalue weighted by atomic mass is 16.5. The number of imidazole rings is 1. The lowest BCUT2D eigenvalue weighted by molar-refractivity contribution is -0.122. The molecule has 7 heteroatoms. The maximum absolute atomic E-state index is 12.6. The Morgan fingerprint density at radius 1 is 1.00 bits per heavy atom. The lowest BCUT2D eigenvalue weighted by Crippen LogP contribution is -2.32. The molecule has 7 nitrogen and oxygen atoms in total. The van der Waals surface area contributed by atoms with E-state index in [0.29, 0.717) is 5.75 Å². The molecule has 0 fully saturated rings. The zero-order valence-corrected chi connectivity index (χ0v) is 16.8. The van der Waals surface area contributed by atoms with E-state index in [1.165, 1.54) is 0 Å². The van der Waals surface area contributed by atoms with Crippen LogP contribution in [-0.4, -0.2) is 36.3 Å². The zero-order valence-electron chi connectivity index (χ0n) is 16.8. The van der Waals surface area contributed by atoms with Gasteiger partial charge in [0.2, 0.25) is 5.91 Å². The number of nitrogens with one attached hydrogen (secondary N) is 1. The molecule has 1 aromatic heterocycles. The van der Waals surface area contributed by atoms with Crippen molar-refractivity contribution in [3.8, 4) is 17.2 Å². The highest BCUT2D eigenvalue weighted by Gasteiger charge is 2.20. The largest absolute Gasteiger partial charge is 0.497 e. The number of benzene rings is 2. The van der Waals surface area contributed by atoms with E-state index in [-0.39, 0.29) is 25.0 Å². The van der Waals surface area contributed by atoms with Gasteiger partial charge in [-0.15, -0.1) is 0 Å². The van der Waals surface area contributed by atoms with E-state index < -0.39 is 0 Å². The van der Waals surface area contributed by atoms with Gasteiger partial charge in [0.1, 0.15) is 29.1 Å². The third-order valence-corrected chi connectivity index (χ3v) is 4.53. The van der Waals surface area contributed by atoms with Crippen molar-refractivity contribution < 1.29 is 19.0 Å². The first-order chi connectivity index (χ1) is 14.1. The molecular formula is C22H25N3O4.